The van der Waals surface area contributed by atoms with Gasteiger partial charge in [0.2, 0.25) is 0 Å². The van der Waals surface area contributed by atoms with Gasteiger partial charge in [0.25, 0.3) is 0 Å². The Hall–Kier alpha value is -1.06. The van der Waals surface area contributed by atoms with Gasteiger partial charge in [-0.15, -0.1) is 0 Å². The highest BCUT2D eigenvalue weighted by atomic mass is 16.3. The number of hydrogen-bond acceptors (Lipinski definition) is 3. The van der Waals surface area contributed by atoms with Crippen molar-refractivity contribution >= 4 is 0 Å². The first kappa shape index (κ1) is 13.9. The van der Waals surface area contributed by atoms with Gasteiger partial charge in [-0.25, -0.2) is 0 Å². The maximum atomic E-state index is 9.34. The van der Waals surface area contributed by atoms with Crippen LogP contribution in [0.25, 0.3) is 0 Å². The topological polar surface area (TPSA) is 52.5 Å². The van der Waals surface area contributed by atoms with E-state index in [1.54, 1.807) is 12.1 Å². The van der Waals surface area contributed by atoms with Gasteiger partial charge in [-0.05, 0) is 62.1 Å². The lowest BCUT2D eigenvalue weighted by molar-refractivity contribution is 0.198. The van der Waals surface area contributed by atoms with Gasteiger partial charge in [-0.1, -0.05) is 12.1 Å². The van der Waals surface area contributed by atoms with Crippen LogP contribution in [0, 0.1) is 5.41 Å². The predicted molar refractivity (Wildman–Crippen MR) is 79.9 cm³/mol. The lowest BCUT2D eigenvalue weighted by Crippen LogP contribution is -2.37. The fourth-order valence-electron chi connectivity index (χ4n) is 3.31. The van der Waals surface area contributed by atoms with Gasteiger partial charge in [-0.2, -0.15) is 0 Å². The maximum absolute atomic E-state index is 9.34. The molecule has 0 aromatic heterocycles. The molecule has 3 nitrogen and oxygen atoms in total. The van der Waals surface area contributed by atoms with E-state index in [-0.39, 0.29) is 5.41 Å². The summed E-state index contributed by atoms with van der Waals surface area (Å²) in [4.78, 5) is 0. The van der Waals surface area contributed by atoms with E-state index in [1.165, 1.54) is 44.1 Å². The molecule has 0 amide bonds. The summed E-state index contributed by atoms with van der Waals surface area (Å²) in [7, 11) is 0. The van der Waals surface area contributed by atoms with E-state index in [2.05, 4.69) is 17.4 Å². The Morgan fingerprint density at radius 2 is 1.70 bits per heavy atom. The zero-order valence-electron chi connectivity index (χ0n) is 12.0. The fourth-order valence-corrected chi connectivity index (χ4v) is 3.31. The number of aliphatic hydroxyl groups excluding tert-OH is 1. The minimum absolute atomic E-state index is 0.216. The molecule has 0 aliphatic heterocycles. The van der Waals surface area contributed by atoms with Crippen LogP contribution >= 0.6 is 0 Å². The summed E-state index contributed by atoms with van der Waals surface area (Å²) in [5, 5.41) is 22.3. The van der Waals surface area contributed by atoms with Crippen molar-refractivity contribution < 1.29 is 10.2 Å². The second-order valence-electron chi connectivity index (χ2n) is 6.68. The monoisotopic (exact) mass is 275 g/mol. The normalized spacial score (nSPS) is 28.2. The van der Waals surface area contributed by atoms with Crippen LogP contribution < -0.4 is 5.32 Å². The van der Waals surface area contributed by atoms with Crippen molar-refractivity contribution in [3.63, 3.8) is 0 Å². The minimum Gasteiger partial charge on any atom is -0.508 e. The predicted octanol–water partition coefficient (Wildman–Crippen LogP) is 2.78. The third-order valence-electron chi connectivity index (χ3n) is 5.15. The van der Waals surface area contributed by atoms with Gasteiger partial charge in [0.1, 0.15) is 5.75 Å². The minimum atomic E-state index is 0.216. The molecular formula is C17H25NO2. The van der Waals surface area contributed by atoms with Crippen LogP contribution in [0.4, 0.5) is 0 Å². The average Bonchev–Trinajstić information content (AvgIpc) is 3.27. The van der Waals surface area contributed by atoms with Crippen molar-refractivity contribution in [2.45, 2.75) is 50.5 Å². The first-order chi connectivity index (χ1) is 9.71. The zero-order valence-corrected chi connectivity index (χ0v) is 12.0. The smallest absolute Gasteiger partial charge is 0.115 e. The molecule has 0 heterocycles. The van der Waals surface area contributed by atoms with E-state index in [1.807, 2.05) is 0 Å². The molecule has 0 bridgehead atoms. The van der Waals surface area contributed by atoms with Crippen molar-refractivity contribution in [3.05, 3.63) is 29.8 Å². The molecule has 20 heavy (non-hydrogen) atoms. The molecule has 2 fully saturated rings. The number of hydrogen-bond donors (Lipinski definition) is 3. The van der Waals surface area contributed by atoms with Crippen LogP contribution in [0.3, 0.4) is 0 Å². The average molecular weight is 275 g/mol. The molecular weight excluding hydrogens is 250 g/mol. The van der Waals surface area contributed by atoms with Crippen molar-refractivity contribution in [2.24, 2.45) is 5.41 Å². The van der Waals surface area contributed by atoms with E-state index in [0.29, 0.717) is 24.3 Å². The lowest BCUT2D eigenvalue weighted by atomic mass is 9.81. The van der Waals surface area contributed by atoms with Gasteiger partial charge in [0.05, 0.1) is 0 Å². The maximum Gasteiger partial charge on any atom is 0.115 e. The molecule has 3 rings (SSSR count). The highest BCUT2D eigenvalue weighted by Gasteiger charge is 2.42. The first-order valence-corrected chi connectivity index (χ1v) is 7.84. The summed E-state index contributed by atoms with van der Waals surface area (Å²) in [5.74, 6) is 0.990. The van der Waals surface area contributed by atoms with Gasteiger partial charge in [0.15, 0.2) is 0 Å². The van der Waals surface area contributed by atoms with Crippen LogP contribution in [0.2, 0.25) is 0 Å². The molecule has 0 radical (unpaired) electrons. The van der Waals surface area contributed by atoms with Crippen molar-refractivity contribution in [2.75, 3.05) is 13.2 Å². The number of nitrogens with one attached hydrogen (secondary N) is 1. The van der Waals surface area contributed by atoms with Crippen molar-refractivity contribution in [1.82, 2.24) is 5.32 Å². The largest absolute Gasteiger partial charge is 0.508 e. The Bertz CT molecular complexity index is 431. The highest BCUT2D eigenvalue weighted by molar-refractivity contribution is 5.28. The van der Waals surface area contributed by atoms with Crippen LogP contribution in [-0.4, -0.2) is 29.4 Å². The molecule has 2 saturated carbocycles. The number of rotatable bonds is 5. The molecule has 0 atom stereocenters. The quantitative estimate of drug-likeness (QED) is 0.774. The molecule has 110 valence electrons. The molecule has 3 N–H and O–H groups in total. The third kappa shape index (κ3) is 3.15. The van der Waals surface area contributed by atoms with E-state index in [4.69, 9.17) is 0 Å². The lowest BCUT2D eigenvalue weighted by Gasteiger charge is -2.30. The standard InChI is InChI=1S/C17H25NO2/c19-12-17(9-10-17)11-18-15-5-1-13(2-6-15)14-3-7-16(20)8-4-14/h3-4,7-8,13,15,18-20H,1-2,5-6,9-12H2. The van der Waals surface area contributed by atoms with Crippen LogP contribution in [0.1, 0.15) is 50.0 Å². The SMILES string of the molecule is OCC1(CNC2CCC(c3ccc(O)cc3)CC2)CC1. The fraction of sp³-hybridized carbons (Fsp3) is 0.647. The zero-order chi connectivity index (χ0) is 14.0. The Kier molecular flexibility index (Phi) is 3.99. The molecule has 0 spiro atoms. The molecule has 2 aliphatic carbocycles. The molecule has 1 aromatic rings. The number of aliphatic hydroxyl groups is 1. The van der Waals surface area contributed by atoms with Gasteiger partial charge < -0.3 is 15.5 Å². The van der Waals surface area contributed by atoms with E-state index < -0.39 is 0 Å². The number of benzene rings is 1. The van der Waals surface area contributed by atoms with Gasteiger partial charge in [0, 0.05) is 24.6 Å². The van der Waals surface area contributed by atoms with E-state index in [9.17, 15) is 10.2 Å². The highest BCUT2D eigenvalue weighted by Crippen LogP contribution is 2.44. The first-order valence-electron chi connectivity index (χ1n) is 7.84. The Labute approximate surface area is 121 Å². The Morgan fingerprint density at radius 1 is 1.05 bits per heavy atom. The number of aromatic hydroxyl groups is 1. The molecule has 1 aromatic carbocycles. The molecule has 3 heteroatoms. The van der Waals surface area contributed by atoms with Crippen LogP contribution in [-0.2, 0) is 0 Å². The Morgan fingerprint density at radius 3 is 2.25 bits per heavy atom. The Balaban J connectivity index is 1.46. The summed E-state index contributed by atoms with van der Waals surface area (Å²) in [6.45, 7) is 1.32. The number of phenolic OH excluding ortho intramolecular Hbond substituents is 1. The summed E-state index contributed by atoms with van der Waals surface area (Å²) in [5.41, 5.74) is 1.57. The second kappa shape index (κ2) is 5.74. The van der Waals surface area contributed by atoms with Crippen LogP contribution in [0.5, 0.6) is 5.75 Å². The number of phenols is 1. The second-order valence-corrected chi connectivity index (χ2v) is 6.68. The van der Waals surface area contributed by atoms with Crippen LogP contribution in [0.15, 0.2) is 24.3 Å². The van der Waals surface area contributed by atoms with Crippen molar-refractivity contribution in [3.8, 4) is 5.75 Å². The van der Waals surface area contributed by atoms with Gasteiger partial charge >= 0.3 is 0 Å². The molecule has 0 saturated heterocycles. The summed E-state index contributed by atoms with van der Waals surface area (Å²) < 4.78 is 0. The molecule has 2 aliphatic rings. The summed E-state index contributed by atoms with van der Waals surface area (Å²) >= 11 is 0. The third-order valence-corrected chi connectivity index (χ3v) is 5.15. The van der Waals surface area contributed by atoms with E-state index >= 15 is 0 Å². The summed E-state index contributed by atoms with van der Waals surface area (Å²) in [6, 6.07) is 8.31. The summed E-state index contributed by atoms with van der Waals surface area (Å²) in [6.07, 6.45) is 7.22. The van der Waals surface area contributed by atoms with Gasteiger partial charge in [-0.3, -0.25) is 0 Å². The van der Waals surface area contributed by atoms with E-state index in [0.717, 1.165) is 6.54 Å². The van der Waals surface area contributed by atoms with Crippen molar-refractivity contribution in [1.29, 1.82) is 0 Å². The molecule has 0 unspecified atom stereocenters.